The predicted molar refractivity (Wildman–Crippen MR) is 136 cm³/mol. The first-order valence-electron chi connectivity index (χ1n) is 11.7. The second kappa shape index (κ2) is 10.9. The Morgan fingerprint density at radius 2 is 1.84 bits per heavy atom. The molecule has 1 unspecified atom stereocenters. The highest BCUT2D eigenvalue weighted by Crippen LogP contribution is 2.29. The quantitative estimate of drug-likeness (QED) is 0.435. The van der Waals surface area contributed by atoms with Crippen molar-refractivity contribution in [1.29, 1.82) is 0 Å². The summed E-state index contributed by atoms with van der Waals surface area (Å²) >= 11 is 5.93. The summed E-state index contributed by atoms with van der Waals surface area (Å²) < 4.78 is 5.00. The third kappa shape index (κ3) is 5.67. The number of aliphatic carboxylic acids is 1. The maximum absolute atomic E-state index is 13.2. The van der Waals surface area contributed by atoms with Gasteiger partial charge in [0.05, 0.1) is 6.26 Å². The number of aryl methyl sites for hydroxylation is 1. The van der Waals surface area contributed by atoms with Gasteiger partial charge in [0.1, 0.15) is 6.04 Å². The second-order valence-electron chi connectivity index (χ2n) is 8.87. The van der Waals surface area contributed by atoms with Crippen LogP contribution in [0, 0.1) is 13.8 Å². The van der Waals surface area contributed by atoms with Crippen LogP contribution in [0.15, 0.2) is 53.1 Å². The van der Waals surface area contributed by atoms with Gasteiger partial charge < -0.3 is 25.1 Å². The monoisotopic (exact) mass is 523 g/mol. The van der Waals surface area contributed by atoms with E-state index < -0.39 is 23.8 Å². The number of nitrogens with zero attached hydrogens (tertiary/aromatic N) is 1. The molecule has 0 fully saturated rings. The number of rotatable bonds is 7. The molecule has 0 aliphatic carbocycles. The lowest BCUT2D eigenvalue weighted by atomic mass is 9.88. The van der Waals surface area contributed by atoms with E-state index in [1.165, 1.54) is 12.3 Å². The van der Waals surface area contributed by atoms with E-state index in [1.54, 1.807) is 42.2 Å². The highest BCUT2D eigenvalue weighted by atomic mass is 35.5. The maximum atomic E-state index is 13.2. The Balaban J connectivity index is 1.48. The summed E-state index contributed by atoms with van der Waals surface area (Å²) in [6.07, 6.45) is 1.89. The van der Waals surface area contributed by atoms with E-state index in [9.17, 15) is 24.3 Å². The van der Waals surface area contributed by atoms with Crippen molar-refractivity contribution in [3.63, 3.8) is 0 Å². The molecule has 1 aliphatic heterocycles. The molecule has 0 saturated heterocycles. The molecule has 0 saturated carbocycles. The summed E-state index contributed by atoms with van der Waals surface area (Å²) in [5.41, 5.74) is 4.26. The van der Waals surface area contributed by atoms with Gasteiger partial charge in [-0.3, -0.25) is 14.4 Å². The Bertz CT molecular complexity index is 1350. The van der Waals surface area contributed by atoms with Crippen molar-refractivity contribution in [2.24, 2.45) is 0 Å². The zero-order valence-electron chi connectivity index (χ0n) is 20.3. The number of benzene rings is 2. The number of halogens is 1. The van der Waals surface area contributed by atoms with Crippen LogP contribution in [0.5, 0.6) is 0 Å². The summed E-state index contributed by atoms with van der Waals surface area (Å²) in [5, 5.41) is 15.1. The fourth-order valence-electron chi connectivity index (χ4n) is 4.55. The normalized spacial score (nSPS) is 13.4. The number of carbonyl (C=O) groups is 4. The van der Waals surface area contributed by atoms with Crippen molar-refractivity contribution in [2.75, 3.05) is 13.1 Å². The van der Waals surface area contributed by atoms with E-state index in [0.29, 0.717) is 41.2 Å². The third-order valence-corrected chi connectivity index (χ3v) is 6.67. The van der Waals surface area contributed by atoms with Gasteiger partial charge in [-0.05, 0) is 78.9 Å². The first kappa shape index (κ1) is 26.0. The van der Waals surface area contributed by atoms with Crippen LogP contribution >= 0.6 is 11.6 Å². The van der Waals surface area contributed by atoms with E-state index >= 15 is 0 Å². The van der Waals surface area contributed by atoms with Crippen LogP contribution in [0.25, 0.3) is 0 Å². The molecule has 1 aliphatic rings. The van der Waals surface area contributed by atoms with Gasteiger partial charge in [-0.25, -0.2) is 4.79 Å². The topological polar surface area (TPSA) is 129 Å². The molecule has 2 aromatic carbocycles. The Labute approximate surface area is 218 Å². The lowest BCUT2D eigenvalue weighted by Gasteiger charge is -2.31. The van der Waals surface area contributed by atoms with Crippen molar-refractivity contribution in [2.45, 2.75) is 32.9 Å². The van der Waals surface area contributed by atoms with Gasteiger partial charge in [-0.2, -0.15) is 0 Å². The minimum absolute atomic E-state index is 0.0421. The van der Waals surface area contributed by atoms with Crippen molar-refractivity contribution < 1.29 is 28.7 Å². The lowest BCUT2D eigenvalue weighted by molar-refractivity contribution is -0.139. The van der Waals surface area contributed by atoms with Crippen molar-refractivity contribution in [3.8, 4) is 0 Å². The molecule has 9 nitrogen and oxygen atoms in total. The van der Waals surface area contributed by atoms with Crippen molar-refractivity contribution in [1.82, 2.24) is 15.5 Å². The van der Waals surface area contributed by atoms with Crippen LogP contribution in [0.2, 0.25) is 5.02 Å². The molecular weight excluding hydrogens is 498 g/mol. The van der Waals surface area contributed by atoms with E-state index in [4.69, 9.17) is 16.0 Å². The Morgan fingerprint density at radius 3 is 2.49 bits per heavy atom. The molecule has 3 N–H and O–H groups in total. The van der Waals surface area contributed by atoms with E-state index in [2.05, 4.69) is 10.6 Å². The van der Waals surface area contributed by atoms with Crippen molar-refractivity contribution >= 4 is 35.3 Å². The molecule has 1 atom stereocenters. The van der Waals surface area contributed by atoms with Crippen LogP contribution in [-0.2, 0) is 17.8 Å². The molecule has 1 aromatic heterocycles. The van der Waals surface area contributed by atoms with E-state index in [-0.39, 0.29) is 18.2 Å². The summed E-state index contributed by atoms with van der Waals surface area (Å²) in [6, 6.07) is 10.3. The van der Waals surface area contributed by atoms with Crippen LogP contribution in [0.4, 0.5) is 0 Å². The average molecular weight is 524 g/mol. The molecule has 4 rings (SSSR count). The molecule has 0 radical (unpaired) electrons. The SMILES string of the molecule is Cc1cc2c(c(C)c1C(=O)NC(CNC(=O)c1ccco1)C(=O)O)CCN(C(=O)c1ccc(Cl)cc1)C2. The minimum Gasteiger partial charge on any atom is -0.480 e. The molecule has 3 amide bonds. The number of hydrogen-bond acceptors (Lipinski definition) is 5. The van der Waals surface area contributed by atoms with E-state index in [0.717, 1.165) is 16.7 Å². The molecular formula is C27H26ClN3O6. The van der Waals surface area contributed by atoms with Gasteiger partial charge >= 0.3 is 5.97 Å². The maximum Gasteiger partial charge on any atom is 0.328 e. The average Bonchev–Trinajstić information content (AvgIpc) is 3.41. The predicted octanol–water partition coefficient (Wildman–Crippen LogP) is 3.36. The summed E-state index contributed by atoms with van der Waals surface area (Å²) in [7, 11) is 0. The molecule has 0 spiro atoms. The largest absolute Gasteiger partial charge is 0.480 e. The minimum atomic E-state index is -1.34. The molecule has 37 heavy (non-hydrogen) atoms. The smallest absolute Gasteiger partial charge is 0.328 e. The van der Waals surface area contributed by atoms with Gasteiger partial charge in [-0.15, -0.1) is 0 Å². The van der Waals surface area contributed by atoms with Gasteiger partial charge in [0, 0.05) is 35.8 Å². The molecule has 2 heterocycles. The summed E-state index contributed by atoms with van der Waals surface area (Å²) in [6.45, 7) is 4.17. The van der Waals surface area contributed by atoms with Crippen molar-refractivity contribution in [3.05, 3.63) is 92.9 Å². The van der Waals surface area contributed by atoms with Gasteiger partial charge in [0.15, 0.2) is 5.76 Å². The number of carboxylic acids is 1. The Hall–Kier alpha value is -4.11. The lowest BCUT2D eigenvalue weighted by Crippen LogP contribution is -2.48. The summed E-state index contributed by atoms with van der Waals surface area (Å²) in [4.78, 5) is 51.7. The second-order valence-corrected chi connectivity index (χ2v) is 9.30. The number of fused-ring (bicyclic) bond motifs is 1. The fraction of sp³-hybridized carbons (Fsp3) is 0.259. The molecule has 192 valence electrons. The van der Waals surface area contributed by atoms with Crippen LogP contribution < -0.4 is 10.6 Å². The zero-order chi connectivity index (χ0) is 26.7. The van der Waals surface area contributed by atoms with Gasteiger partial charge in [0.25, 0.3) is 17.7 Å². The van der Waals surface area contributed by atoms with Gasteiger partial charge in [0.2, 0.25) is 0 Å². The fourth-order valence-corrected chi connectivity index (χ4v) is 4.67. The highest BCUT2D eigenvalue weighted by Gasteiger charge is 2.28. The zero-order valence-corrected chi connectivity index (χ0v) is 21.1. The standard InChI is InChI=1S/C27H26ClN3O6/c1-15-12-18-14-31(26(34)17-5-7-19(28)8-6-17)10-9-20(18)16(2)23(15)25(33)30-21(27(35)36)13-29-24(32)22-4-3-11-37-22/h3-8,11-12,21H,9-10,13-14H2,1-2H3,(H,29,32)(H,30,33)(H,35,36). The van der Waals surface area contributed by atoms with Gasteiger partial charge in [-0.1, -0.05) is 17.7 Å². The number of carbonyl (C=O) groups excluding carboxylic acids is 3. The Morgan fingerprint density at radius 1 is 1.11 bits per heavy atom. The number of nitrogens with one attached hydrogen (secondary N) is 2. The summed E-state index contributed by atoms with van der Waals surface area (Å²) in [5.74, 6) is -2.46. The first-order chi connectivity index (χ1) is 17.7. The molecule has 3 aromatic rings. The number of hydrogen-bond donors (Lipinski definition) is 3. The van der Waals surface area contributed by atoms with Crippen LogP contribution in [-0.4, -0.2) is 52.8 Å². The first-order valence-corrected chi connectivity index (χ1v) is 12.1. The van der Waals surface area contributed by atoms with E-state index in [1.807, 2.05) is 13.0 Å². The number of amides is 3. The number of carboxylic acid groups (broad SMARTS) is 1. The van der Waals surface area contributed by atoms with Crippen LogP contribution in [0.3, 0.4) is 0 Å². The molecule has 10 heteroatoms. The highest BCUT2D eigenvalue weighted by molar-refractivity contribution is 6.30. The molecule has 0 bridgehead atoms. The van der Waals surface area contributed by atoms with Crippen LogP contribution in [0.1, 0.15) is 53.5 Å². The third-order valence-electron chi connectivity index (χ3n) is 6.41. The Kier molecular flexibility index (Phi) is 7.63. The number of furan rings is 1.